The van der Waals surface area contributed by atoms with E-state index < -0.39 is 12.1 Å². The standard InChI is InChI=1S/C22H15Cl2N3O3S/c1-29-14-5-3-13(4-6-14)27-20(26-21(28)16(11-25)22(27)31)19-9-8-18(30-19)15-10-12(23)2-7-17(15)24/h2-10,20,31H,1H3,(H,26,28). The number of ether oxygens (including phenoxy) is 1. The maximum atomic E-state index is 12.5. The zero-order chi connectivity index (χ0) is 22.1. The molecule has 0 bridgehead atoms. The fourth-order valence-corrected chi connectivity index (χ4v) is 4.01. The molecular formula is C22H15Cl2N3O3S. The van der Waals surface area contributed by atoms with Gasteiger partial charge in [0, 0.05) is 16.3 Å². The minimum absolute atomic E-state index is 0.0972. The molecule has 3 aromatic rings. The number of anilines is 1. The molecule has 0 saturated carbocycles. The topological polar surface area (TPSA) is 78.5 Å². The van der Waals surface area contributed by atoms with E-state index in [1.54, 1.807) is 66.6 Å². The smallest absolute Gasteiger partial charge is 0.266 e. The lowest BCUT2D eigenvalue weighted by Crippen LogP contribution is -2.45. The van der Waals surface area contributed by atoms with Crippen LogP contribution in [0.15, 0.2) is 69.6 Å². The lowest BCUT2D eigenvalue weighted by Gasteiger charge is -2.36. The van der Waals surface area contributed by atoms with Crippen LogP contribution in [0.4, 0.5) is 5.69 Å². The zero-order valence-electron chi connectivity index (χ0n) is 16.1. The Morgan fingerprint density at radius 3 is 2.58 bits per heavy atom. The summed E-state index contributed by atoms with van der Waals surface area (Å²) in [4.78, 5) is 14.2. The van der Waals surface area contributed by atoms with Gasteiger partial charge in [0.25, 0.3) is 5.91 Å². The average molecular weight is 472 g/mol. The predicted octanol–water partition coefficient (Wildman–Crippen LogP) is 5.56. The summed E-state index contributed by atoms with van der Waals surface area (Å²) in [7, 11) is 1.57. The molecule has 1 atom stereocenters. The van der Waals surface area contributed by atoms with Gasteiger partial charge in [-0.05, 0) is 54.6 Å². The molecule has 6 nitrogen and oxygen atoms in total. The van der Waals surface area contributed by atoms with Crippen molar-refractivity contribution in [3.63, 3.8) is 0 Å². The van der Waals surface area contributed by atoms with E-state index in [0.29, 0.717) is 38.6 Å². The molecule has 0 radical (unpaired) electrons. The van der Waals surface area contributed by atoms with Crippen molar-refractivity contribution < 1.29 is 13.9 Å². The molecule has 1 N–H and O–H groups in total. The molecule has 9 heteroatoms. The number of carbonyl (C=O) groups is 1. The normalized spacial score (nSPS) is 16.2. The first kappa shape index (κ1) is 21.2. The van der Waals surface area contributed by atoms with Crippen LogP contribution in [0, 0.1) is 11.3 Å². The maximum absolute atomic E-state index is 12.5. The molecule has 1 aromatic heterocycles. The summed E-state index contributed by atoms with van der Waals surface area (Å²) >= 11 is 16.9. The number of hydrogen-bond acceptors (Lipinski definition) is 6. The van der Waals surface area contributed by atoms with Crippen LogP contribution in [0.25, 0.3) is 11.3 Å². The van der Waals surface area contributed by atoms with Crippen molar-refractivity contribution in [2.45, 2.75) is 6.17 Å². The number of nitrogens with one attached hydrogen (secondary N) is 1. The zero-order valence-corrected chi connectivity index (χ0v) is 18.5. The molecule has 2 aromatic carbocycles. The van der Waals surface area contributed by atoms with E-state index >= 15 is 0 Å². The second-order valence-electron chi connectivity index (χ2n) is 6.58. The van der Waals surface area contributed by atoms with Gasteiger partial charge in [0.2, 0.25) is 0 Å². The molecule has 2 heterocycles. The molecule has 1 unspecified atom stereocenters. The minimum Gasteiger partial charge on any atom is -0.497 e. The van der Waals surface area contributed by atoms with E-state index in [-0.39, 0.29) is 10.6 Å². The fourth-order valence-electron chi connectivity index (χ4n) is 3.25. The first-order valence-corrected chi connectivity index (χ1v) is 10.3. The molecule has 0 aliphatic carbocycles. The van der Waals surface area contributed by atoms with Gasteiger partial charge in [-0.15, -0.1) is 12.6 Å². The van der Waals surface area contributed by atoms with Gasteiger partial charge < -0.3 is 19.4 Å². The van der Waals surface area contributed by atoms with Crippen molar-refractivity contribution in [1.29, 1.82) is 5.26 Å². The van der Waals surface area contributed by atoms with Crippen LogP contribution >= 0.6 is 35.8 Å². The van der Waals surface area contributed by atoms with Crippen molar-refractivity contribution in [3.05, 3.63) is 81.0 Å². The van der Waals surface area contributed by atoms with Crippen LogP contribution in [0.1, 0.15) is 11.9 Å². The molecule has 0 spiro atoms. The Hall–Kier alpha value is -3.05. The molecular weight excluding hydrogens is 457 g/mol. The average Bonchev–Trinajstić information content (AvgIpc) is 3.25. The number of nitrogens with zero attached hydrogens (tertiary/aromatic N) is 2. The Labute approximate surface area is 194 Å². The number of halogens is 2. The van der Waals surface area contributed by atoms with Crippen molar-refractivity contribution >= 4 is 47.4 Å². The van der Waals surface area contributed by atoms with Crippen LogP contribution in [0.2, 0.25) is 10.0 Å². The molecule has 0 saturated heterocycles. The van der Waals surface area contributed by atoms with Gasteiger partial charge in [0.1, 0.15) is 28.9 Å². The molecule has 156 valence electrons. The number of rotatable bonds is 4. The largest absolute Gasteiger partial charge is 0.497 e. The number of furan rings is 1. The highest BCUT2D eigenvalue weighted by atomic mass is 35.5. The minimum atomic E-state index is -0.739. The summed E-state index contributed by atoms with van der Waals surface area (Å²) in [5, 5.41) is 13.4. The van der Waals surface area contributed by atoms with E-state index in [9.17, 15) is 10.1 Å². The lowest BCUT2D eigenvalue weighted by atomic mass is 10.1. The number of thiol groups is 1. The third-order valence-electron chi connectivity index (χ3n) is 4.76. The highest BCUT2D eigenvalue weighted by Gasteiger charge is 2.36. The van der Waals surface area contributed by atoms with Crippen molar-refractivity contribution in [3.8, 4) is 23.1 Å². The number of hydrogen-bond donors (Lipinski definition) is 2. The summed E-state index contributed by atoms with van der Waals surface area (Å²) < 4.78 is 11.3. The van der Waals surface area contributed by atoms with Crippen LogP contribution in [0.5, 0.6) is 5.75 Å². The van der Waals surface area contributed by atoms with E-state index in [4.69, 9.17) is 32.4 Å². The number of carbonyl (C=O) groups excluding carboxylic acids is 1. The summed E-state index contributed by atoms with van der Waals surface area (Å²) in [6, 6.07) is 17.6. The fraction of sp³-hybridized carbons (Fsp3) is 0.0909. The molecule has 31 heavy (non-hydrogen) atoms. The lowest BCUT2D eigenvalue weighted by molar-refractivity contribution is -0.118. The molecule has 1 aliphatic rings. The van der Waals surface area contributed by atoms with E-state index in [1.165, 1.54) is 0 Å². The van der Waals surface area contributed by atoms with Gasteiger partial charge in [0.05, 0.1) is 17.2 Å². The first-order valence-electron chi connectivity index (χ1n) is 9.05. The summed E-state index contributed by atoms with van der Waals surface area (Å²) in [6.45, 7) is 0. The van der Waals surface area contributed by atoms with Crippen molar-refractivity contribution in [2.24, 2.45) is 0 Å². The van der Waals surface area contributed by atoms with Gasteiger partial charge in [-0.2, -0.15) is 5.26 Å². The number of benzene rings is 2. The van der Waals surface area contributed by atoms with Crippen molar-refractivity contribution in [1.82, 2.24) is 5.32 Å². The van der Waals surface area contributed by atoms with E-state index in [2.05, 4.69) is 17.9 Å². The molecule has 1 aliphatic heterocycles. The number of methoxy groups -OCH3 is 1. The van der Waals surface area contributed by atoms with Gasteiger partial charge in [-0.25, -0.2) is 0 Å². The molecule has 1 amide bonds. The SMILES string of the molecule is COc1ccc(N2C(S)=C(C#N)C(=O)NC2c2ccc(-c3cc(Cl)ccc3Cl)o2)cc1. The number of amides is 1. The molecule has 4 rings (SSSR count). The van der Waals surface area contributed by atoms with Crippen LogP contribution in [-0.2, 0) is 4.79 Å². The highest BCUT2D eigenvalue weighted by molar-refractivity contribution is 7.84. The Kier molecular flexibility index (Phi) is 5.88. The third kappa shape index (κ3) is 3.98. The van der Waals surface area contributed by atoms with Gasteiger partial charge in [0.15, 0.2) is 6.17 Å². The van der Waals surface area contributed by atoms with Crippen LogP contribution < -0.4 is 15.0 Å². The van der Waals surface area contributed by atoms with Gasteiger partial charge in [-0.3, -0.25) is 4.79 Å². The Morgan fingerprint density at radius 1 is 1.16 bits per heavy atom. The Bertz CT molecular complexity index is 1230. The van der Waals surface area contributed by atoms with Crippen LogP contribution in [0.3, 0.4) is 0 Å². The van der Waals surface area contributed by atoms with E-state index in [1.807, 2.05) is 6.07 Å². The maximum Gasteiger partial charge on any atom is 0.266 e. The van der Waals surface area contributed by atoms with Crippen molar-refractivity contribution in [2.75, 3.05) is 12.0 Å². The van der Waals surface area contributed by atoms with Crippen LogP contribution in [-0.4, -0.2) is 13.0 Å². The highest BCUT2D eigenvalue weighted by Crippen LogP contribution is 2.39. The third-order valence-corrected chi connectivity index (χ3v) is 5.76. The molecule has 0 fully saturated rings. The monoisotopic (exact) mass is 471 g/mol. The predicted molar refractivity (Wildman–Crippen MR) is 122 cm³/mol. The second kappa shape index (κ2) is 8.60. The van der Waals surface area contributed by atoms with Gasteiger partial charge >= 0.3 is 0 Å². The summed E-state index contributed by atoms with van der Waals surface area (Å²) in [5.74, 6) is 1.05. The Balaban J connectivity index is 1.79. The first-order chi connectivity index (χ1) is 14.9. The Morgan fingerprint density at radius 2 is 1.90 bits per heavy atom. The second-order valence-corrected chi connectivity index (χ2v) is 7.85. The quantitative estimate of drug-likeness (QED) is 0.486. The van der Waals surface area contributed by atoms with E-state index in [0.717, 1.165) is 0 Å². The van der Waals surface area contributed by atoms with Gasteiger partial charge in [-0.1, -0.05) is 23.2 Å². The summed E-state index contributed by atoms with van der Waals surface area (Å²) in [6.07, 6.45) is -0.739. The summed E-state index contributed by atoms with van der Waals surface area (Å²) in [5.41, 5.74) is 1.21. The number of nitriles is 1.